The highest BCUT2D eigenvalue weighted by molar-refractivity contribution is 5.58. The van der Waals surface area contributed by atoms with E-state index in [1.807, 2.05) is 27.7 Å². The molecule has 134 valence electrons. The largest absolute Gasteiger partial charge is 0.507 e. The Morgan fingerprint density at radius 1 is 1.25 bits per heavy atom. The molecule has 1 heterocycles. The summed E-state index contributed by atoms with van der Waals surface area (Å²) in [5.41, 5.74) is 3.30. The summed E-state index contributed by atoms with van der Waals surface area (Å²) in [6, 6.07) is 0. The molecule has 1 unspecified atom stereocenters. The van der Waals surface area contributed by atoms with Crippen LogP contribution in [0.5, 0.6) is 11.5 Å². The van der Waals surface area contributed by atoms with Crippen LogP contribution < -0.4 is 4.74 Å². The van der Waals surface area contributed by atoms with Crippen LogP contribution in [0.3, 0.4) is 0 Å². The van der Waals surface area contributed by atoms with Crippen molar-refractivity contribution in [1.82, 2.24) is 0 Å². The zero-order valence-corrected chi connectivity index (χ0v) is 14.7. The van der Waals surface area contributed by atoms with E-state index in [4.69, 9.17) is 9.47 Å². The number of phenolic OH excluding ortho intramolecular Hbond substituents is 1. The third-order valence-electron chi connectivity index (χ3n) is 4.63. The van der Waals surface area contributed by atoms with Crippen LogP contribution in [0.15, 0.2) is 0 Å². The minimum atomic E-state index is -0.800. The molecule has 1 aromatic carbocycles. The summed E-state index contributed by atoms with van der Waals surface area (Å²) in [7, 11) is 0. The summed E-state index contributed by atoms with van der Waals surface area (Å²) >= 11 is 0. The van der Waals surface area contributed by atoms with Gasteiger partial charge in [-0.2, -0.15) is 0 Å². The van der Waals surface area contributed by atoms with Gasteiger partial charge in [-0.25, -0.2) is 0 Å². The molecule has 1 aromatic rings. The SMILES string of the molecule is Cc1c(C)c2c(c(C)c1O)CCC(C)(COCCCO[N+](=O)[O-])O2. The molecule has 0 bridgehead atoms. The molecule has 0 radical (unpaired) electrons. The van der Waals surface area contributed by atoms with Gasteiger partial charge in [0.15, 0.2) is 0 Å². The molecular weight excluding hydrogens is 314 g/mol. The van der Waals surface area contributed by atoms with E-state index in [0.717, 1.165) is 40.8 Å². The summed E-state index contributed by atoms with van der Waals surface area (Å²) < 4.78 is 11.9. The molecule has 24 heavy (non-hydrogen) atoms. The van der Waals surface area contributed by atoms with Crippen molar-refractivity contribution in [2.75, 3.05) is 19.8 Å². The molecule has 0 aliphatic carbocycles. The number of nitrogens with zero attached hydrogens (tertiary/aromatic N) is 1. The monoisotopic (exact) mass is 339 g/mol. The van der Waals surface area contributed by atoms with Gasteiger partial charge in [-0.15, -0.1) is 10.1 Å². The number of aromatic hydroxyl groups is 1. The van der Waals surface area contributed by atoms with Crippen LogP contribution in [0.1, 0.15) is 42.0 Å². The predicted octanol–water partition coefficient (Wildman–Crippen LogP) is 3.02. The maximum atomic E-state index is 10.2. The van der Waals surface area contributed by atoms with Crippen LogP contribution in [-0.4, -0.2) is 35.6 Å². The highest BCUT2D eigenvalue weighted by atomic mass is 16.9. The maximum Gasteiger partial charge on any atom is 0.294 e. The van der Waals surface area contributed by atoms with E-state index in [-0.39, 0.29) is 6.61 Å². The second-order valence-electron chi connectivity index (χ2n) is 6.55. The van der Waals surface area contributed by atoms with Crippen LogP contribution in [0.4, 0.5) is 0 Å². The van der Waals surface area contributed by atoms with Gasteiger partial charge >= 0.3 is 0 Å². The van der Waals surface area contributed by atoms with Gasteiger partial charge in [0.05, 0.1) is 13.2 Å². The van der Waals surface area contributed by atoms with Crippen molar-refractivity contribution >= 4 is 0 Å². The van der Waals surface area contributed by atoms with Crippen molar-refractivity contribution in [3.8, 4) is 11.5 Å². The first kappa shape index (κ1) is 18.3. The first-order valence-electron chi connectivity index (χ1n) is 8.11. The Kier molecular flexibility index (Phi) is 5.54. The standard InChI is InChI=1S/C17H25NO6/c1-11-12(2)16-14(13(3)15(11)19)6-7-17(4,24-16)10-22-8-5-9-23-18(20)21/h19H,5-10H2,1-4H3. The first-order chi connectivity index (χ1) is 11.2. The van der Waals surface area contributed by atoms with Crippen molar-refractivity contribution in [3.63, 3.8) is 0 Å². The molecule has 7 heteroatoms. The molecule has 1 atom stereocenters. The van der Waals surface area contributed by atoms with Crippen molar-refractivity contribution in [2.45, 2.75) is 52.6 Å². The Balaban J connectivity index is 1.97. The Hall–Kier alpha value is -2.02. The molecule has 1 N–H and O–H groups in total. The van der Waals surface area contributed by atoms with Gasteiger partial charge in [0.2, 0.25) is 0 Å². The number of phenols is 1. The van der Waals surface area contributed by atoms with E-state index in [1.54, 1.807) is 0 Å². The molecule has 0 saturated heterocycles. The minimum Gasteiger partial charge on any atom is -0.507 e. The minimum absolute atomic E-state index is 0.0319. The highest BCUT2D eigenvalue weighted by Crippen LogP contribution is 2.43. The smallest absolute Gasteiger partial charge is 0.294 e. The molecule has 0 aromatic heterocycles. The third kappa shape index (κ3) is 3.90. The Labute approximate surface area is 141 Å². The van der Waals surface area contributed by atoms with E-state index in [2.05, 4.69) is 4.84 Å². The average molecular weight is 339 g/mol. The second-order valence-corrected chi connectivity index (χ2v) is 6.55. The van der Waals surface area contributed by atoms with Gasteiger partial charge in [-0.3, -0.25) is 0 Å². The van der Waals surface area contributed by atoms with E-state index in [9.17, 15) is 15.2 Å². The van der Waals surface area contributed by atoms with Crippen molar-refractivity contribution in [3.05, 3.63) is 32.4 Å². The average Bonchev–Trinajstić information content (AvgIpc) is 2.54. The number of rotatable bonds is 7. The van der Waals surface area contributed by atoms with Gasteiger partial charge in [0.25, 0.3) is 5.09 Å². The lowest BCUT2D eigenvalue weighted by molar-refractivity contribution is -0.757. The molecule has 7 nitrogen and oxygen atoms in total. The van der Waals surface area contributed by atoms with Crippen LogP contribution >= 0.6 is 0 Å². The van der Waals surface area contributed by atoms with Crippen molar-refractivity contribution in [2.24, 2.45) is 0 Å². The predicted molar refractivity (Wildman–Crippen MR) is 88.1 cm³/mol. The number of fused-ring (bicyclic) bond motifs is 1. The van der Waals surface area contributed by atoms with Gasteiger partial charge < -0.3 is 19.4 Å². The summed E-state index contributed by atoms with van der Waals surface area (Å²) in [6.07, 6.45) is 2.06. The first-order valence-corrected chi connectivity index (χ1v) is 8.11. The number of hydrogen-bond acceptors (Lipinski definition) is 6. The molecule has 0 amide bonds. The van der Waals surface area contributed by atoms with Crippen LogP contribution in [0, 0.1) is 30.9 Å². The molecular formula is C17H25NO6. The molecule has 0 spiro atoms. The van der Waals surface area contributed by atoms with E-state index in [1.165, 1.54) is 0 Å². The zero-order valence-electron chi connectivity index (χ0n) is 14.7. The fourth-order valence-corrected chi connectivity index (χ4v) is 2.98. The molecule has 2 rings (SSSR count). The fraction of sp³-hybridized carbons (Fsp3) is 0.647. The Morgan fingerprint density at radius 3 is 2.62 bits per heavy atom. The summed E-state index contributed by atoms with van der Waals surface area (Å²) in [4.78, 5) is 14.3. The van der Waals surface area contributed by atoms with E-state index >= 15 is 0 Å². The fourth-order valence-electron chi connectivity index (χ4n) is 2.98. The van der Waals surface area contributed by atoms with E-state index < -0.39 is 10.7 Å². The topological polar surface area (TPSA) is 91.1 Å². The normalized spacial score (nSPS) is 19.5. The van der Waals surface area contributed by atoms with Crippen molar-refractivity contribution < 1.29 is 24.5 Å². The lowest BCUT2D eigenvalue weighted by Gasteiger charge is -2.37. The Morgan fingerprint density at radius 2 is 1.96 bits per heavy atom. The Bertz CT molecular complexity index is 630. The summed E-state index contributed by atoms with van der Waals surface area (Å²) in [6.45, 7) is 8.58. The van der Waals surface area contributed by atoms with E-state index in [0.29, 0.717) is 25.4 Å². The van der Waals surface area contributed by atoms with Crippen LogP contribution in [0.25, 0.3) is 0 Å². The second kappa shape index (κ2) is 7.25. The third-order valence-corrected chi connectivity index (χ3v) is 4.63. The molecule has 1 aliphatic heterocycles. The highest BCUT2D eigenvalue weighted by Gasteiger charge is 2.34. The van der Waals surface area contributed by atoms with Gasteiger partial charge in [0.1, 0.15) is 17.1 Å². The van der Waals surface area contributed by atoms with Gasteiger partial charge in [-0.1, -0.05) is 0 Å². The molecule has 1 aliphatic rings. The zero-order chi connectivity index (χ0) is 17.9. The number of benzene rings is 1. The molecule has 0 fully saturated rings. The van der Waals surface area contributed by atoms with Gasteiger partial charge in [0, 0.05) is 12.2 Å². The maximum absolute atomic E-state index is 10.2. The van der Waals surface area contributed by atoms with Crippen LogP contribution in [-0.2, 0) is 16.0 Å². The quantitative estimate of drug-likeness (QED) is 0.466. The number of ether oxygens (including phenoxy) is 2. The van der Waals surface area contributed by atoms with Gasteiger partial charge in [-0.05, 0) is 63.6 Å². The van der Waals surface area contributed by atoms with Crippen LogP contribution in [0.2, 0.25) is 0 Å². The van der Waals surface area contributed by atoms with Crippen molar-refractivity contribution in [1.29, 1.82) is 0 Å². The lowest BCUT2D eigenvalue weighted by Crippen LogP contribution is -2.41. The summed E-state index contributed by atoms with van der Waals surface area (Å²) in [5.74, 6) is 1.19. The lowest BCUT2D eigenvalue weighted by atomic mass is 9.87. The molecule has 0 saturated carbocycles. The number of hydrogen-bond donors (Lipinski definition) is 1. The summed E-state index contributed by atoms with van der Waals surface area (Å²) in [5, 5.41) is 19.5.